The average molecular weight is 144 g/mol. The maximum Gasteiger partial charge on any atom is 0.239 e. The van der Waals surface area contributed by atoms with Crippen molar-refractivity contribution in [3.05, 3.63) is 12.0 Å². The molecule has 0 aromatic rings. The first-order valence-corrected chi connectivity index (χ1v) is 2.94. The molecule has 0 aromatic heterocycles. The van der Waals surface area contributed by atoms with Crippen molar-refractivity contribution in [3.8, 4) is 0 Å². The Morgan fingerprint density at radius 2 is 2.30 bits per heavy atom. The summed E-state index contributed by atoms with van der Waals surface area (Å²) >= 11 is 0. The molecule has 1 atom stereocenters. The zero-order valence-electron chi connectivity index (χ0n) is 6.09. The molecule has 0 aliphatic heterocycles. The molecule has 1 unspecified atom stereocenters. The predicted molar refractivity (Wildman–Crippen MR) is 38.2 cm³/mol. The summed E-state index contributed by atoms with van der Waals surface area (Å²) in [7, 11) is 0. The van der Waals surface area contributed by atoms with Crippen LogP contribution in [0.2, 0.25) is 0 Å². The molecule has 0 radical (unpaired) electrons. The maximum absolute atomic E-state index is 10.4. The molecule has 1 amide bonds. The number of primary amides is 1. The number of allylic oxidation sites excluding steroid dienone is 1. The number of carbonyl (C=O) groups is 1. The minimum absolute atomic E-state index is 0.441. The van der Waals surface area contributed by atoms with E-state index in [1.807, 2.05) is 0 Å². The van der Waals surface area contributed by atoms with Gasteiger partial charge >= 0.3 is 0 Å². The molecule has 0 aliphatic rings. The van der Waals surface area contributed by atoms with Crippen molar-refractivity contribution < 1.29 is 9.90 Å². The first-order valence-electron chi connectivity index (χ1n) is 2.94. The van der Waals surface area contributed by atoms with Gasteiger partial charge in [0.15, 0.2) is 0 Å². The molecule has 0 fully saturated rings. The molecule has 4 heteroatoms. The molecular weight excluding hydrogens is 132 g/mol. The van der Waals surface area contributed by atoms with Crippen LogP contribution >= 0.6 is 0 Å². The molecule has 0 saturated heterocycles. The van der Waals surface area contributed by atoms with Crippen molar-refractivity contribution in [1.82, 2.24) is 5.32 Å². The lowest BCUT2D eigenvalue weighted by molar-refractivity contribution is -0.119. The lowest BCUT2D eigenvalue weighted by atomic mass is 10.3. The van der Waals surface area contributed by atoms with Gasteiger partial charge in [0.25, 0.3) is 0 Å². The van der Waals surface area contributed by atoms with Crippen LogP contribution in [-0.2, 0) is 4.79 Å². The molecule has 0 saturated carbocycles. The monoisotopic (exact) mass is 144 g/mol. The zero-order valence-corrected chi connectivity index (χ0v) is 6.09. The molecule has 58 valence electrons. The van der Waals surface area contributed by atoms with Gasteiger partial charge in [0.2, 0.25) is 5.91 Å². The summed E-state index contributed by atoms with van der Waals surface area (Å²) in [5.41, 5.74) is 5.45. The van der Waals surface area contributed by atoms with Gasteiger partial charge in [-0.15, -0.1) is 0 Å². The first kappa shape index (κ1) is 8.81. The molecule has 10 heavy (non-hydrogen) atoms. The van der Waals surface area contributed by atoms with Crippen LogP contribution < -0.4 is 11.1 Å². The van der Waals surface area contributed by atoms with Gasteiger partial charge in [-0.05, 0) is 13.8 Å². The Morgan fingerprint density at radius 1 is 1.80 bits per heavy atom. The van der Waals surface area contributed by atoms with Crippen LogP contribution in [-0.4, -0.2) is 17.1 Å². The van der Waals surface area contributed by atoms with Crippen LogP contribution in [0.4, 0.5) is 0 Å². The maximum atomic E-state index is 10.4. The van der Waals surface area contributed by atoms with E-state index in [1.54, 1.807) is 13.8 Å². The van der Waals surface area contributed by atoms with E-state index in [-0.39, 0.29) is 0 Å². The van der Waals surface area contributed by atoms with Crippen molar-refractivity contribution in [2.45, 2.75) is 19.9 Å². The van der Waals surface area contributed by atoms with Gasteiger partial charge in [0.1, 0.15) is 6.04 Å². The number of carbonyl (C=O) groups excluding carboxylic acids is 1. The Bertz CT molecular complexity index is 154. The van der Waals surface area contributed by atoms with Crippen LogP contribution in [0.3, 0.4) is 0 Å². The molecule has 0 rings (SSSR count). The Hall–Kier alpha value is -1.19. The fraction of sp³-hybridized carbons (Fsp3) is 0.500. The summed E-state index contributed by atoms with van der Waals surface area (Å²) in [5, 5.41) is 11.1. The molecule has 0 bridgehead atoms. The summed E-state index contributed by atoms with van der Waals surface area (Å²) < 4.78 is 0. The quantitative estimate of drug-likeness (QED) is 0.483. The van der Waals surface area contributed by atoms with Crippen LogP contribution in [0.1, 0.15) is 13.8 Å². The predicted octanol–water partition coefficient (Wildman–Crippen LogP) is -0.131. The molecular formula is C6H12N2O2. The third-order valence-electron chi connectivity index (χ3n) is 1.06. The van der Waals surface area contributed by atoms with Gasteiger partial charge in [-0.25, -0.2) is 0 Å². The van der Waals surface area contributed by atoms with Crippen LogP contribution in [0.5, 0.6) is 0 Å². The van der Waals surface area contributed by atoms with Crippen LogP contribution in [0.25, 0.3) is 0 Å². The van der Waals surface area contributed by atoms with E-state index in [0.29, 0.717) is 5.70 Å². The summed E-state index contributed by atoms with van der Waals surface area (Å²) in [6, 6.07) is -0.441. The number of aliphatic hydroxyl groups excluding tert-OH is 1. The lowest BCUT2D eigenvalue weighted by Gasteiger charge is -2.09. The highest BCUT2D eigenvalue weighted by atomic mass is 16.2. The van der Waals surface area contributed by atoms with Gasteiger partial charge in [0.05, 0.1) is 6.26 Å². The van der Waals surface area contributed by atoms with E-state index in [2.05, 4.69) is 5.32 Å². The van der Waals surface area contributed by atoms with Gasteiger partial charge < -0.3 is 16.2 Å². The summed E-state index contributed by atoms with van der Waals surface area (Å²) in [6.07, 6.45) is 0.888. The minimum atomic E-state index is -0.443. The number of nitrogens with one attached hydrogen (secondary N) is 1. The number of nitrogens with two attached hydrogens (primary N) is 1. The fourth-order valence-corrected chi connectivity index (χ4v) is 0.450. The van der Waals surface area contributed by atoms with E-state index in [9.17, 15) is 4.79 Å². The highest BCUT2D eigenvalue weighted by Crippen LogP contribution is 1.87. The summed E-state index contributed by atoms with van der Waals surface area (Å²) in [6.45, 7) is 3.26. The Labute approximate surface area is 59.7 Å². The molecule has 4 N–H and O–H groups in total. The van der Waals surface area contributed by atoms with Gasteiger partial charge in [-0.2, -0.15) is 0 Å². The third-order valence-corrected chi connectivity index (χ3v) is 1.06. The van der Waals surface area contributed by atoms with Crippen molar-refractivity contribution in [2.24, 2.45) is 5.73 Å². The molecule has 0 spiro atoms. The Morgan fingerprint density at radius 3 is 2.60 bits per heavy atom. The van der Waals surface area contributed by atoms with Gasteiger partial charge in [0, 0.05) is 5.70 Å². The standard InChI is InChI=1S/C6H12N2O2/c1-4(3-9)8-5(2)6(7)10/h3,5,8-9H,1-2H3,(H2,7,10)/b4-3-. The summed E-state index contributed by atoms with van der Waals surface area (Å²) in [4.78, 5) is 10.4. The molecule has 0 heterocycles. The molecule has 0 aromatic carbocycles. The normalized spacial score (nSPS) is 14.4. The minimum Gasteiger partial charge on any atom is -0.514 e. The number of hydrogen-bond donors (Lipinski definition) is 3. The van der Waals surface area contributed by atoms with E-state index < -0.39 is 11.9 Å². The topological polar surface area (TPSA) is 75.3 Å². The lowest BCUT2D eigenvalue weighted by Crippen LogP contribution is -2.37. The number of aliphatic hydroxyl groups is 1. The number of rotatable bonds is 3. The van der Waals surface area contributed by atoms with E-state index in [4.69, 9.17) is 10.8 Å². The van der Waals surface area contributed by atoms with Crippen LogP contribution in [0, 0.1) is 0 Å². The van der Waals surface area contributed by atoms with Crippen molar-refractivity contribution in [3.63, 3.8) is 0 Å². The van der Waals surface area contributed by atoms with Crippen molar-refractivity contribution >= 4 is 5.91 Å². The van der Waals surface area contributed by atoms with E-state index >= 15 is 0 Å². The number of hydrogen-bond acceptors (Lipinski definition) is 3. The van der Waals surface area contributed by atoms with Gasteiger partial charge in [-0.1, -0.05) is 0 Å². The third kappa shape index (κ3) is 2.96. The van der Waals surface area contributed by atoms with E-state index in [1.165, 1.54) is 0 Å². The average Bonchev–Trinajstić information content (AvgIpc) is 1.87. The zero-order chi connectivity index (χ0) is 8.15. The fourth-order valence-electron chi connectivity index (χ4n) is 0.450. The molecule has 4 nitrogen and oxygen atoms in total. The second-order valence-electron chi connectivity index (χ2n) is 2.08. The largest absolute Gasteiger partial charge is 0.514 e. The first-order chi connectivity index (χ1) is 4.57. The highest BCUT2D eigenvalue weighted by molar-refractivity contribution is 5.79. The number of amides is 1. The summed E-state index contributed by atoms with van der Waals surface area (Å²) in [5.74, 6) is -0.443. The SMILES string of the molecule is C/C(=C/O)NC(C)C(N)=O. The Kier molecular flexibility index (Phi) is 3.32. The van der Waals surface area contributed by atoms with Crippen molar-refractivity contribution in [1.29, 1.82) is 0 Å². The second-order valence-corrected chi connectivity index (χ2v) is 2.08. The Balaban J connectivity index is 3.80. The highest BCUT2D eigenvalue weighted by Gasteiger charge is 2.06. The van der Waals surface area contributed by atoms with E-state index in [0.717, 1.165) is 6.26 Å². The van der Waals surface area contributed by atoms with Crippen molar-refractivity contribution in [2.75, 3.05) is 0 Å². The van der Waals surface area contributed by atoms with Crippen LogP contribution in [0.15, 0.2) is 12.0 Å². The van der Waals surface area contributed by atoms with Gasteiger partial charge in [-0.3, -0.25) is 4.79 Å². The smallest absolute Gasteiger partial charge is 0.239 e. The molecule has 0 aliphatic carbocycles. The second kappa shape index (κ2) is 3.76.